The monoisotopic (exact) mass is 399 g/mol. The molecule has 2 aromatic rings. The van der Waals surface area contributed by atoms with Crippen molar-refractivity contribution in [2.75, 3.05) is 24.5 Å². The number of nitrogens with one attached hydrogen (secondary N) is 2. The van der Waals surface area contributed by atoms with Crippen molar-refractivity contribution < 1.29 is 4.79 Å². The third kappa shape index (κ3) is 5.32. The Bertz CT molecular complexity index is 808. The molecule has 0 radical (unpaired) electrons. The molecule has 6 nitrogen and oxygen atoms in total. The molecule has 7 heteroatoms. The number of guanidine groups is 1. The van der Waals surface area contributed by atoms with E-state index in [0.29, 0.717) is 13.0 Å². The molecule has 1 aromatic heterocycles. The third-order valence-corrected chi connectivity index (χ3v) is 5.92. The van der Waals surface area contributed by atoms with Crippen LogP contribution < -0.4 is 15.5 Å². The molecular weight excluding hydrogens is 370 g/mol. The summed E-state index contributed by atoms with van der Waals surface area (Å²) in [6, 6.07) is 8.13. The van der Waals surface area contributed by atoms with Crippen LogP contribution in [0, 0.1) is 13.8 Å². The topological polar surface area (TPSA) is 69.6 Å². The quantitative estimate of drug-likeness (QED) is 0.554. The van der Waals surface area contributed by atoms with Gasteiger partial charge in [0, 0.05) is 43.0 Å². The SMILES string of the molecule is CCNC(=NCc1ccc(N2CCCC2=O)cc1)NCCc1nc(C)c(C)s1. The fourth-order valence-corrected chi connectivity index (χ4v) is 4.08. The van der Waals surface area contributed by atoms with Crippen LogP contribution in [0.2, 0.25) is 0 Å². The normalized spacial score (nSPS) is 14.6. The van der Waals surface area contributed by atoms with E-state index in [9.17, 15) is 4.79 Å². The minimum Gasteiger partial charge on any atom is -0.357 e. The molecule has 0 atom stereocenters. The third-order valence-electron chi connectivity index (χ3n) is 4.79. The predicted molar refractivity (Wildman–Crippen MR) is 116 cm³/mol. The summed E-state index contributed by atoms with van der Waals surface area (Å²) in [5.41, 5.74) is 3.23. The van der Waals surface area contributed by atoms with Crippen LogP contribution in [0.3, 0.4) is 0 Å². The van der Waals surface area contributed by atoms with Crippen molar-refractivity contribution in [3.8, 4) is 0 Å². The van der Waals surface area contributed by atoms with Gasteiger partial charge in [-0.25, -0.2) is 9.98 Å². The van der Waals surface area contributed by atoms with E-state index >= 15 is 0 Å². The summed E-state index contributed by atoms with van der Waals surface area (Å²) >= 11 is 1.76. The first kappa shape index (κ1) is 20.3. The van der Waals surface area contributed by atoms with Crippen LogP contribution in [-0.4, -0.2) is 36.5 Å². The summed E-state index contributed by atoms with van der Waals surface area (Å²) < 4.78 is 0. The average Bonchev–Trinajstić information content (AvgIpc) is 3.25. The summed E-state index contributed by atoms with van der Waals surface area (Å²) in [5, 5.41) is 7.83. The van der Waals surface area contributed by atoms with Gasteiger partial charge >= 0.3 is 0 Å². The average molecular weight is 400 g/mol. The molecule has 2 N–H and O–H groups in total. The Labute approximate surface area is 171 Å². The lowest BCUT2D eigenvalue weighted by atomic mass is 10.2. The summed E-state index contributed by atoms with van der Waals surface area (Å²) in [6.45, 7) is 9.26. The van der Waals surface area contributed by atoms with Crippen molar-refractivity contribution in [3.63, 3.8) is 0 Å². The first-order valence-corrected chi connectivity index (χ1v) is 10.7. The molecular formula is C21H29N5OS. The fraction of sp³-hybridized carbons (Fsp3) is 0.476. The number of carbonyl (C=O) groups is 1. The van der Waals surface area contributed by atoms with Crippen LogP contribution in [-0.2, 0) is 17.8 Å². The van der Waals surface area contributed by atoms with E-state index in [0.717, 1.165) is 60.4 Å². The molecule has 1 aromatic carbocycles. The number of anilines is 1. The minimum absolute atomic E-state index is 0.218. The van der Waals surface area contributed by atoms with Crippen LogP contribution >= 0.6 is 11.3 Å². The van der Waals surface area contributed by atoms with Crippen LogP contribution in [0.5, 0.6) is 0 Å². The lowest BCUT2D eigenvalue weighted by molar-refractivity contribution is -0.117. The molecule has 3 rings (SSSR count). The second-order valence-corrected chi connectivity index (χ2v) is 8.22. The van der Waals surface area contributed by atoms with Crippen molar-refractivity contribution in [2.45, 2.75) is 46.6 Å². The fourth-order valence-electron chi connectivity index (χ4n) is 3.15. The summed E-state index contributed by atoms with van der Waals surface area (Å²) in [5.74, 6) is 1.03. The molecule has 1 aliphatic rings. The van der Waals surface area contributed by atoms with Crippen LogP contribution in [0.25, 0.3) is 0 Å². The smallest absolute Gasteiger partial charge is 0.227 e. The zero-order chi connectivity index (χ0) is 19.9. The Morgan fingerprint density at radius 3 is 2.64 bits per heavy atom. The van der Waals surface area contributed by atoms with E-state index in [1.54, 1.807) is 11.3 Å². The number of rotatable bonds is 7. The van der Waals surface area contributed by atoms with Gasteiger partial charge in [-0.15, -0.1) is 11.3 Å². The molecule has 0 unspecified atom stereocenters. The molecule has 150 valence electrons. The van der Waals surface area contributed by atoms with Gasteiger partial charge in [-0.2, -0.15) is 0 Å². The molecule has 0 aliphatic carbocycles. The molecule has 28 heavy (non-hydrogen) atoms. The van der Waals surface area contributed by atoms with Crippen LogP contribution in [0.4, 0.5) is 5.69 Å². The van der Waals surface area contributed by atoms with Crippen molar-refractivity contribution in [3.05, 3.63) is 45.4 Å². The van der Waals surface area contributed by atoms with Gasteiger partial charge in [-0.05, 0) is 44.9 Å². The highest BCUT2D eigenvalue weighted by Gasteiger charge is 2.21. The summed E-state index contributed by atoms with van der Waals surface area (Å²) in [7, 11) is 0. The Kier molecular flexibility index (Phi) is 7.03. The number of hydrogen-bond acceptors (Lipinski definition) is 4. The zero-order valence-electron chi connectivity index (χ0n) is 16.9. The lowest BCUT2D eigenvalue weighted by Crippen LogP contribution is -2.38. The minimum atomic E-state index is 0.218. The molecule has 2 heterocycles. The number of aromatic nitrogens is 1. The summed E-state index contributed by atoms with van der Waals surface area (Å²) in [4.78, 5) is 24.3. The molecule has 1 aliphatic heterocycles. The molecule has 0 spiro atoms. The van der Waals surface area contributed by atoms with Gasteiger partial charge in [0.1, 0.15) is 0 Å². The van der Waals surface area contributed by atoms with Crippen molar-refractivity contribution >= 4 is 28.9 Å². The second kappa shape index (κ2) is 9.68. The molecule has 1 fully saturated rings. The van der Waals surface area contributed by atoms with Gasteiger partial charge in [-0.1, -0.05) is 12.1 Å². The van der Waals surface area contributed by atoms with E-state index in [4.69, 9.17) is 0 Å². The van der Waals surface area contributed by atoms with Crippen molar-refractivity contribution in [1.82, 2.24) is 15.6 Å². The zero-order valence-corrected chi connectivity index (χ0v) is 17.7. The number of carbonyl (C=O) groups excluding carboxylic acids is 1. The molecule has 0 bridgehead atoms. The van der Waals surface area contributed by atoms with E-state index in [2.05, 4.69) is 53.5 Å². The maximum absolute atomic E-state index is 11.9. The number of thiazole rings is 1. The Balaban J connectivity index is 1.53. The van der Waals surface area contributed by atoms with E-state index < -0.39 is 0 Å². The van der Waals surface area contributed by atoms with Crippen LogP contribution in [0.15, 0.2) is 29.3 Å². The maximum atomic E-state index is 11.9. The lowest BCUT2D eigenvalue weighted by Gasteiger charge is -2.15. The number of benzene rings is 1. The van der Waals surface area contributed by atoms with Gasteiger partial charge in [-0.3, -0.25) is 4.79 Å². The Morgan fingerprint density at radius 1 is 1.25 bits per heavy atom. The largest absolute Gasteiger partial charge is 0.357 e. The number of aliphatic imine (C=N–C) groups is 1. The molecule has 0 saturated carbocycles. The number of aryl methyl sites for hydroxylation is 2. The standard InChI is InChI=1S/C21H29N5OS/c1-4-22-21(23-12-11-19-25-15(2)16(3)28-19)24-14-17-7-9-18(10-8-17)26-13-5-6-20(26)27/h7-10H,4-6,11-14H2,1-3H3,(H2,22,23,24). The summed E-state index contributed by atoms with van der Waals surface area (Å²) in [6.07, 6.45) is 2.49. The number of hydrogen-bond donors (Lipinski definition) is 2. The second-order valence-electron chi connectivity index (χ2n) is 6.94. The predicted octanol–water partition coefficient (Wildman–Crippen LogP) is 3.18. The number of amides is 1. The van der Waals surface area contributed by atoms with E-state index in [1.165, 1.54) is 4.88 Å². The van der Waals surface area contributed by atoms with E-state index in [-0.39, 0.29) is 5.91 Å². The highest BCUT2D eigenvalue weighted by Crippen LogP contribution is 2.21. The highest BCUT2D eigenvalue weighted by atomic mass is 32.1. The maximum Gasteiger partial charge on any atom is 0.227 e. The Morgan fingerprint density at radius 2 is 2.04 bits per heavy atom. The van der Waals surface area contributed by atoms with Gasteiger partial charge in [0.15, 0.2) is 5.96 Å². The highest BCUT2D eigenvalue weighted by molar-refractivity contribution is 7.11. The first-order chi connectivity index (χ1) is 13.6. The molecule has 1 saturated heterocycles. The van der Waals surface area contributed by atoms with Crippen LogP contribution in [0.1, 0.15) is 40.9 Å². The van der Waals surface area contributed by atoms with E-state index in [1.807, 2.05) is 17.0 Å². The van der Waals surface area contributed by atoms with Gasteiger partial charge < -0.3 is 15.5 Å². The van der Waals surface area contributed by atoms with Gasteiger partial charge in [0.25, 0.3) is 0 Å². The van der Waals surface area contributed by atoms with Gasteiger partial charge in [0.2, 0.25) is 5.91 Å². The number of nitrogens with zero attached hydrogens (tertiary/aromatic N) is 3. The van der Waals surface area contributed by atoms with Crippen molar-refractivity contribution in [2.24, 2.45) is 4.99 Å². The Hall–Kier alpha value is -2.41. The molecule has 1 amide bonds. The van der Waals surface area contributed by atoms with Gasteiger partial charge in [0.05, 0.1) is 17.2 Å². The first-order valence-electron chi connectivity index (χ1n) is 9.91. The van der Waals surface area contributed by atoms with Crippen molar-refractivity contribution in [1.29, 1.82) is 0 Å².